The van der Waals surface area contributed by atoms with Gasteiger partial charge in [-0.2, -0.15) is 0 Å². The van der Waals surface area contributed by atoms with E-state index in [0.717, 1.165) is 0 Å². The molecule has 0 fully saturated rings. The van der Waals surface area contributed by atoms with Crippen molar-refractivity contribution in [2.75, 3.05) is 14.7 Å². The maximum Gasteiger partial charge on any atom is 0.350 e. The Hall–Kier alpha value is -4.30. The molecule has 0 saturated heterocycles. The van der Waals surface area contributed by atoms with Gasteiger partial charge in [0.1, 0.15) is 0 Å². The Morgan fingerprint density at radius 1 is 0.378 bits per heavy atom. The molecule has 6 rings (SSSR count). The molecule has 1 atom stereocenters. The second kappa shape index (κ2) is 10.4. The Bertz CT molecular complexity index is 1220. The highest BCUT2D eigenvalue weighted by molar-refractivity contribution is 7.71. The zero-order valence-corrected chi connectivity index (χ0v) is 21.9. The van der Waals surface area contributed by atoms with Gasteiger partial charge in [-0.3, -0.25) is 0 Å². The molecule has 0 saturated carbocycles. The van der Waals surface area contributed by atoms with Crippen LogP contribution in [0.1, 0.15) is 0 Å². The smallest absolute Gasteiger partial charge is 0.350 e. The SMILES string of the molecule is O.PN=P(N(n1cccc1)n1cccc1)(N(n1cccc1)n1cccc1)N(n1cccc1)n1cccc1. The topological polar surface area (TPSA) is 83.2 Å². The van der Waals surface area contributed by atoms with Crippen molar-refractivity contribution in [1.29, 1.82) is 0 Å². The molecule has 0 amide bonds. The van der Waals surface area contributed by atoms with Gasteiger partial charge in [0.2, 0.25) is 0 Å². The summed E-state index contributed by atoms with van der Waals surface area (Å²) < 4.78 is 17.6. The maximum absolute atomic E-state index is 5.24. The highest BCUT2D eigenvalue weighted by Crippen LogP contribution is 2.58. The minimum Gasteiger partial charge on any atom is -0.412 e. The summed E-state index contributed by atoms with van der Waals surface area (Å²) in [4.78, 5) is 6.50. The maximum atomic E-state index is 5.24. The van der Waals surface area contributed by atoms with Crippen molar-refractivity contribution in [1.82, 2.24) is 28.1 Å². The molecule has 6 heterocycles. The molecular weight excluding hydrogens is 506 g/mol. The molecule has 0 aliphatic carbocycles. The van der Waals surface area contributed by atoms with E-state index in [1.54, 1.807) is 0 Å². The van der Waals surface area contributed by atoms with E-state index in [0.29, 0.717) is 0 Å². The van der Waals surface area contributed by atoms with Crippen molar-refractivity contribution >= 4 is 16.9 Å². The standard InChI is InChI=1S/C24H26N10P2.H2O/c35-25-36(32(26-13-1-2-14-26)27-15-3-4-16-27,33(28-17-5-6-18-28)29-19-7-8-20-29)34(30-21-9-10-22-30)31-23-11-12-24-31;/h1-24H,35H2;1H2. The normalized spacial score (nSPS) is 11.2. The zero-order chi connectivity index (χ0) is 24.4. The fourth-order valence-corrected chi connectivity index (χ4v) is 8.13. The Morgan fingerprint density at radius 2 is 0.541 bits per heavy atom. The van der Waals surface area contributed by atoms with E-state index >= 15 is 0 Å². The first kappa shape index (κ1) is 24.4. The molecule has 13 heteroatoms. The van der Waals surface area contributed by atoms with E-state index in [1.165, 1.54) is 0 Å². The molecule has 6 aromatic rings. The number of nitrogens with zero attached hydrogens (tertiary/aromatic N) is 10. The zero-order valence-electron chi connectivity index (χ0n) is 19.9. The average molecular weight is 535 g/mol. The fourth-order valence-electron chi connectivity index (χ4n) is 4.21. The second-order valence-electron chi connectivity index (χ2n) is 7.84. The van der Waals surface area contributed by atoms with Crippen LogP contribution in [-0.4, -0.2) is 33.5 Å². The summed E-state index contributed by atoms with van der Waals surface area (Å²) in [5.74, 6) is 0. The first-order chi connectivity index (χ1) is 17.8. The van der Waals surface area contributed by atoms with Crippen LogP contribution in [0.25, 0.3) is 0 Å². The lowest BCUT2D eigenvalue weighted by molar-refractivity contribution is 0.560. The molecule has 11 nitrogen and oxygen atoms in total. The molecule has 1 unspecified atom stereocenters. The van der Waals surface area contributed by atoms with Crippen LogP contribution < -0.4 is 14.7 Å². The van der Waals surface area contributed by atoms with Gasteiger partial charge in [-0.05, 0) is 82.2 Å². The van der Waals surface area contributed by atoms with E-state index in [2.05, 4.69) is 52.1 Å². The summed E-state index contributed by atoms with van der Waals surface area (Å²) in [7, 11) is -0.402. The van der Waals surface area contributed by atoms with Gasteiger partial charge in [-0.1, -0.05) is 0 Å². The first-order valence-corrected chi connectivity index (χ1v) is 13.5. The Morgan fingerprint density at radius 3 is 0.676 bits per heavy atom. The Labute approximate surface area is 216 Å². The van der Waals surface area contributed by atoms with Crippen LogP contribution in [0.15, 0.2) is 152 Å². The molecule has 6 aromatic heterocycles. The summed E-state index contributed by atoms with van der Waals surface area (Å²) >= 11 is 0. The van der Waals surface area contributed by atoms with Gasteiger partial charge in [0, 0.05) is 74.4 Å². The predicted molar refractivity (Wildman–Crippen MR) is 150 cm³/mol. The van der Waals surface area contributed by atoms with Gasteiger partial charge in [-0.15, -0.1) is 14.7 Å². The van der Waals surface area contributed by atoms with Crippen LogP contribution >= 0.6 is 16.9 Å². The van der Waals surface area contributed by atoms with E-state index in [9.17, 15) is 0 Å². The number of hydrogen-bond donors (Lipinski definition) is 0. The fraction of sp³-hybridized carbons (Fsp3) is 0. The molecule has 37 heavy (non-hydrogen) atoms. The summed E-state index contributed by atoms with van der Waals surface area (Å²) in [6.45, 7) is 0. The third-order valence-electron chi connectivity index (χ3n) is 5.65. The van der Waals surface area contributed by atoms with E-state index in [4.69, 9.17) is 4.52 Å². The van der Waals surface area contributed by atoms with Gasteiger partial charge in [0.15, 0.2) is 0 Å². The molecule has 0 aliphatic heterocycles. The van der Waals surface area contributed by atoms with Crippen LogP contribution in [0, 0.1) is 0 Å². The van der Waals surface area contributed by atoms with Crippen molar-refractivity contribution in [2.45, 2.75) is 0 Å². The summed E-state index contributed by atoms with van der Waals surface area (Å²) in [5.41, 5.74) is 0. The lowest BCUT2D eigenvalue weighted by atomic mass is 10.7. The number of rotatable bonds is 9. The summed E-state index contributed by atoms with van der Waals surface area (Å²) in [6, 6.07) is 24.2. The van der Waals surface area contributed by atoms with Crippen LogP contribution in [0.4, 0.5) is 0 Å². The minimum absolute atomic E-state index is 0. The van der Waals surface area contributed by atoms with Crippen molar-refractivity contribution < 1.29 is 5.48 Å². The first-order valence-electron chi connectivity index (χ1n) is 11.4. The molecule has 0 aromatic carbocycles. The van der Waals surface area contributed by atoms with Gasteiger partial charge >= 0.3 is 7.51 Å². The number of hydrogen-bond acceptors (Lipinski definition) is 1. The Balaban J connectivity index is 0.00000280. The van der Waals surface area contributed by atoms with Gasteiger partial charge in [-0.25, -0.2) is 32.6 Å². The molecule has 190 valence electrons. The van der Waals surface area contributed by atoms with E-state index in [-0.39, 0.29) is 5.48 Å². The number of aromatic nitrogens is 6. The lowest BCUT2D eigenvalue weighted by Crippen LogP contribution is -2.55. The van der Waals surface area contributed by atoms with Crippen LogP contribution in [0.5, 0.6) is 0 Å². The monoisotopic (exact) mass is 534 g/mol. The molecule has 2 N–H and O–H groups in total. The van der Waals surface area contributed by atoms with E-state index in [1.807, 2.05) is 147 Å². The second-order valence-corrected chi connectivity index (χ2v) is 10.9. The highest BCUT2D eigenvalue weighted by Gasteiger charge is 2.46. The predicted octanol–water partition coefficient (Wildman–Crippen LogP) is 4.01. The van der Waals surface area contributed by atoms with Crippen molar-refractivity contribution in [3.63, 3.8) is 0 Å². The molecule has 0 spiro atoms. The molecule has 0 aliphatic rings. The lowest BCUT2D eigenvalue weighted by Gasteiger charge is -2.49. The van der Waals surface area contributed by atoms with Gasteiger partial charge in [0.05, 0.1) is 0 Å². The Kier molecular flexibility index (Phi) is 6.83. The third kappa shape index (κ3) is 4.09. The summed E-state index contributed by atoms with van der Waals surface area (Å²) in [6.07, 6.45) is 24.3. The van der Waals surface area contributed by atoms with E-state index < -0.39 is 7.51 Å². The van der Waals surface area contributed by atoms with Gasteiger partial charge < -0.3 is 5.48 Å². The summed E-state index contributed by atoms with van der Waals surface area (Å²) in [5, 5.41) is 0. The minimum atomic E-state index is -3.07. The molecular formula is C24H28N10OP2. The average Bonchev–Trinajstić information content (AvgIpc) is 3.76. The molecule has 0 bridgehead atoms. The van der Waals surface area contributed by atoms with Crippen molar-refractivity contribution in [3.8, 4) is 0 Å². The largest absolute Gasteiger partial charge is 0.412 e. The van der Waals surface area contributed by atoms with Crippen LogP contribution in [0.3, 0.4) is 0 Å². The molecule has 0 radical (unpaired) electrons. The highest BCUT2D eigenvalue weighted by atomic mass is 31.2. The van der Waals surface area contributed by atoms with Crippen molar-refractivity contribution in [3.05, 3.63) is 147 Å². The van der Waals surface area contributed by atoms with Crippen LogP contribution in [-0.2, 0) is 0 Å². The van der Waals surface area contributed by atoms with Crippen molar-refractivity contribution in [2.24, 2.45) is 4.52 Å². The van der Waals surface area contributed by atoms with Crippen LogP contribution in [0.2, 0.25) is 0 Å². The quantitative estimate of drug-likeness (QED) is 0.263. The third-order valence-corrected chi connectivity index (χ3v) is 9.57. The van der Waals surface area contributed by atoms with Gasteiger partial charge in [0.25, 0.3) is 0 Å².